The number of aliphatic hydroxyl groups is 1. The average molecular weight is 319 g/mol. The third kappa shape index (κ3) is 5.41. The SMILES string of the molecule is O=C(Nc1ccc(C(O)C(=O)O)cc1)OC1C=CCCCCC1. The molecule has 3 N–H and O–H groups in total. The summed E-state index contributed by atoms with van der Waals surface area (Å²) in [5.41, 5.74) is 0.727. The topological polar surface area (TPSA) is 95.9 Å². The van der Waals surface area contributed by atoms with Crippen LogP contribution in [-0.4, -0.2) is 28.4 Å². The number of carbonyl (C=O) groups excluding carboxylic acids is 1. The molecule has 1 aromatic rings. The molecule has 0 aliphatic heterocycles. The van der Waals surface area contributed by atoms with Crippen molar-refractivity contribution in [3.63, 3.8) is 0 Å². The predicted molar refractivity (Wildman–Crippen MR) is 85.2 cm³/mol. The number of rotatable bonds is 4. The van der Waals surface area contributed by atoms with E-state index in [1.165, 1.54) is 30.7 Å². The fourth-order valence-corrected chi connectivity index (χ4v) is 2.40. The Balaban J connectivity index is 1.89. The minimum Gasteiger partial charge on any atom is -0.479 e. The smallest absolute Gasteiger partial charge is 0.412 e. The lowest BCUT2D eigenvalue weighted by molar-refractivity contribution is -0.146. The molecule has 0 spiro atoms. The molecular formula is C17H21NO5. The Hall–Kier alpha value is -2.34. The van der Waals surface area contributed by atoms with Gasteiger partial charge in [0.25, 0.3) is 0 Å². The summed E-state index contributed by atoms with van der Waals surface area (Å²) < 4.78 is 5.37. The Morgan fingerprint density at radius 1 is 1.17 bits per heavy atom. The molecule has 1 amide bonds. The fourth-order valence-electron chi connectivity index (χ4n) is 2.40. The van der Waals surface area contributed by atoms with Crippen LogP contribution in [-0.2, 0) is 9.53 Å². The van der Waals surface area contributed by atoms with Crippen LogP contribution >= 0.6 is 0 Å². The molecule has 0 aromatic heterocycles. The Bertz CT molecular complexity index is 567. The molecule has 0 heterocycles. The maximum absolute atomic E-state index is 11.9. The number of hydrogen-bond acceptors (Lipinski definition) is 4. The molecule has 2 rings (SSSR count). The monoisotopic (exact) mass is 319 g/mol. The predicted octanol–water partition coefficient (Wildman–Crippen LogP) is 3.24. The number of aliphatic carboxylic acids is 1. The van der Waals surface area contributed by atoms with Gasteiger partial charge in [0, 0.05) is 5.69 Å². The number of carboxylic acids is 1. The van der Waals surface area contributed by atoms with Gasteiger partial charge in [0.1, 0.15) is 6.10 Å². The van der Waals surface area contributed by atoms with E-state index in [2.05, 4.69) is 5.32 Å². The Labute approximate surface area is 134 Å². The highest BCUT2D eigenvalue weighted by Crippen LogP contribution is 2.18. The van der Waals surface area contributed by atoms with Gasteiger partial charge in [0.2, 0.25) is 0 Å². The Morgan fingerprint density at radius 2 is 1.91 bits per heavy atom. The highest BCUT2D eigenvalue weighted by atomic mass is 16.6. The van der Waals surface area contributed by atoms with Gasteiger partial charge in [0.05, 0.1) is 0 Å². The molecule has 2 atom stereocenters. The third-order valence-corrected chi connectivity index (χ3v) is 3.68. The van der Waals surface area contributed by atoms with Gasteiger partial charge in [0.15, 0.2) is 6.10 Å². The zero-order valence-electron chi connectivity index (χ0n) is 12.8. The summed E-state index contributed by atoms with van der Waals surface area (Å²) in [6, 6.07) is 5.95. The van der Waals surface area contributed by atoms with E-state index >= 15 is 0 Å². The molecule has 23 heavy (non-hydrogen) atoms. The number of allylic oxidation sites excluding steroid dienone is 1. The van der Waals surface area contributed by atoms with Crippen molar-refractivity contribution < 1.29 is 24.5 Å². The van der Waals surface area contributed by atoms with Crippen molar-refractivity contribution in [2.75, 3.05) is 5.32 Å². The Morgan fingerprint density at radius 3 is 2.61 bits per heavy atom. The van der Waals surface area contributed by atoms with Gasteiger partial charge < -0.3 is 14.9 Å². The first-order chi connectivity index (χ1) is 11.1. The van der Waals surface area contributed by atoms with Gasteiger partial charge in [-0.05, 0) is 49.5 Å². The minimum absolute atomic E-state index is 0.219. The van der Waals surface area contributed by atoms with Crippen LogP contribution in [0.25, 0.3) is 0 Å². The number of carbonyl (C=O) groups is 2. The van der Waals surface area contributed by atoms with Crippen LogP contribution in [0.2, 0.25) is 0 Å². The second-order valence-corrected chi connectivity index (χ2v) is 5.50. The molecule has 6 nitrogen and oxygen atoms in total. The van der Waals surface area contributed by atoms with E-state index in [4.69, 9.17) is 9.84 Å². The van der Waals surface area contributed by atoms with E-state index < -0.39 is 18.2 Å². The van der Waals surface area contributed by atoms with Crippen molar-refractivity contribution in [2.45, 2.75) is 44.3 Å². The number of aliphatic hydroxyl groups excluding tert-OH is 1. The summed E-state index contributed by atoms with van der Waals surface area (Å²) in [5, 5.41) is 20.7. The summed E-state index contributed by atoms with van der Waals surface area (Å²) >= 11 is 0. The summed E-state index contributed by atoms with van der Waals surface area (Å²) in [6.45, 7) is 0. The first kappa shape index (κ1) is 17.0. The normalized spacial score (nSPS) is 19.3. The lowest BCUT2D eigenvalue weighted by atomic mass is 10.0. The van der Waals surface area contributed by atoms with Crippen molar-refractivity contribution in [2.24, 2.45) is 0 Å². The molecule has 0 bridgehead atoms. The van der Waals surface area contributed by atoms with E-state index in [0.29, 0.717) is 5.69 Å². The molecule has 1 aromatic carbocycles. The zero-order valence-corrected chi connectivity index (χ0v) is 12.8. The van der Waals surface area contributed by atoms with Crippen LogP contribution in [0.15, 0.2) is 36.4 Å². The molecule has 124 valence electrons. The summed E-state index contributed by atoms with van der Waals surface area (Å²) in [7, 11) is 0. The number of benzene rings is 1. The highest BCUT2D eigenvalue weighted by Gasteiger charge is 2.16. The lowest BCUT2D eigenvalue weighted by Crippen LogP contribution is -2.21. The van der Waals surface area contributed by atoms with E-state index in [0.717, 1.165) is 25.7 Å². The summed E-state index contributed by atoms with van der Waals surface area (Å²) in [4.78, 5) is 22.6. The number of carboxylic acid groups (broad SMARTS) is 1. The highest BCUT2D eigenvalue weighted by molar-refractivity contribution is 5.85. The van der Waals surface area contributed by atoms with Crippen molar-refractivity contribution in [1.29, 1.82) is 0 Å². The molecular weight excluding hydrogens is 298 g/mol. The van der Waals surface area contributed by atoms with Gasteiger partial charge in [-0.15, -0.1) is 0 Å². The van der Waals surface area contributed by atoms with Crippen LogP contribution in [0, 0.1) is 0 Å². The van der Waals surface area contributed by atoms with Gasteiger partial charge in [-0.1, -0.05) is 24.6 Å². The average Bonchev–Trinajstić information content (AvgIpc) is 2.50. The van der Waals surface area contributed by atoms with Crippen LogP contribution in [0.5, 0.6) is 0 Å². The van der Waals surface area contributed by atoms with E-state index in [9.17, 15) is 14.7 Å². The molecule has 2 unspecified atom stereocenters. The summed E-state index contributed by atoms with van der Waals surface area (Å²) in [6.07, 6.45) is 6.78. The standard InChI is InChI=1S/C17H21NO5/c19-15(16(20)21)12-8-10-13(11-9-12)18-17(22)23-14-6-4-2-1-3-5-7-14/h4,6,8-11,14-15,19H,1-3,5,7H2,(H,18,22)(H,20,21). The summed E-state index contributed by atoms with van der Waals surface area (Å²) in [5.74, 6) is -1.32. The van der Waals surface area contributed by atoms with Crippen molar-refractivity contribution in [1.82, 2.24) is 0 Å². The Kier molecular flexibility index (Phi) is 6.17. The first-order valence-electron chi connectivity index (χ1n) is 7.71. The number of amides is 1. The van der Waals surface area contributed by atoms with Gasteiger partial charge in [-0.2, -0.15) is 0 Å². The molecule has 0 saturated carbocycles. The van der Waals surface area contributed by atoms with E-state index in [1.807, 2.05) is 12.2 Å². The number of ether oxygens (including phenoxy) is 1. The number of anilines is 1. The van der Waals surface area contributed by atoms with Crippen molar-refractivity contribution in [3.8, 4) is 0 Å². The van der Waals surface area contributed by atoms with Crippen LogP contribution in [0.3, 0.4) is 0 Å². The van der Waals surface area contributed by atoms with Crippen LogP contribution in [0.4, 0.5) is 10.5 Å². The van der Waals surface area contributed by atoms with Crippen molar-refractivity contribution in [3.05, 3.63) is 42.0 Å². The third-order valence-electron chi connectivity index (χ3n) is 3.68. The molecule has 0 saturated heterocycles. The molecule has 0 fully saturated rings. The van der Waals surface area contributed by atoms with Gasteiger partial charge in [-0.25, -0.2) is 9.59 Å². The van der Waals surface area contributed by atoms with E-state index in [1.54, 1.807) is 0 Å². The largest absolute Gasteiger partial charge is 0.479 e. The lowest BCUT2D eigenvalue weighted by Gasteiger charge is -2.16. The maximum atomic E-state index is 11.9. The fraction of sp³-hybridized carbons (Fsp3) is 0.412. The minimum atomic E-state index is -1.57. The quantitative estimate of drug-likeness (QED) is 0.740. The maximum Gasteiger partial charge on any atom is 0.412 e. The molecule has 0 radical (unpaired) electrons. The van der Waals surface area contributed by atoms with Crippen LogP contribution < -0.4 is 5.32 Å². The first-order valence-corrected chi connectivity index (χ1v) is 7.71. The second-order valence-electron chi connectivity index (χ2n) is 5.50. The number of hydrogen-bond donors (Lipinski definition) is 3. The molecule has 1 aliphatic rings. The van der Waals surface area contributed by atoms with Gasteiger partial charge in [-0.3, -0.25) is 5.32 Å². The second kappa shape index (κ2) is 8.33. The molecule has 6 heteroatoms. The van der Waals surface area contributed by atoms with Crippen molar-refractivity contribution >= 4 is 17.7 Å². The van der Waals surface area contributed by atoms with E-state index in [-0.39, 0.29) is 11.7 Å². The number of nitrogens with one attached hydrogen (secondary N) is 1. The zero-order chi connectivity index (χ0) is 16.7. The molecule has 1 aliphatic carbocycles. The van der Waals surface area contributed by atoms with Crippen LogP contribution in [0.1, 0.15) is 43.8 Å². The van der Waals surface area contributed by atoms with Gasteiger partial charge >= 0.3 is 12.1 Å².